The zero-order valence-corrected chi connectivity index (χ0v) is 14.1. The molecular weight excluding hydrogens is 323 g/mol. The monoisotopic (exact) mass is 344 g/mol. The second-order valence-corrected chi connectivity index (χ2v) is 6.45. The predicted octanol–water partition coefficient (Wildman–Crippen LogP) is 1.36. The first-order valence-corrected chi connectivity index (χ1v) is 8.31. The van der Waals surface area contributed by atoms with E-state index in [0.717, 1.165) is 31.3 Å². The van der Waals surface area contributed by atoms with Crippen LogP contribution in [-0.2, 0) is 4.79 Å². The van der Waals surface area contributed by atoms with Crippen molar-refractivity contribution < 1.29 is 14.0 Å². The Balaban J connectivity index is 1.67. The minimum Gasteiger partial charge on any atom is -0.369 e. The SMILES string of the molecule is Cc1nc2cc(F)ccc2cc1C(=O)NC1CCN(CC(N)=O)CC1. The number of hydrogen-bond donors (Lipinski definition) is 2. The Morgan fingerprint density at radius 1 is 1.32 bits per heavy atom. The van der Waals surface area contributed by atoms with E-state index in [9.17, 15) is 14.0 Å². The van der Waals surface area contributed by atoms with E-state index in [0.29, 0.717) is 16.8 Å². The largest absolute Gasteiger partial charge is 0.369 e. The van der Waals surface area contributed by atoms with Crippen molar-refractivity contribution in [2.75, 3.05) is 19.6 Å². The molecule has 1 aromatic heterocycles. The van der Waals surface area contributed by atoms with Gasteiger partial charge in [0.1, 0.15) is 5.82 Å². The van der Waals surface area contributed by atoms with Crippen molar-refractivity contribution >= 4 is 22.7 Å². The van der Waals surface area contributed by atoms with Crippen LogP contribution in [0.2, 0.25) is 0 Å². The van der Waals surface area contributed by atoms with Gasteiger partial charge in [-0.3, -0.25) is 19.5 Å². The molecule has 132 valence electrons. The third-order valence-electron chi connectivity index (χ3n) is 4.52. The fourth-order valence-corrected chi connectivity index (χ4v) is 3.19. The number of halogens is 1. The highest BCUT2D eigenvalue weighted by atomic mass is 19.1. The van der Waals surface area contributed by atoms with Crippen molar-refractivity contribution in [2.24, 2.45) is 5.73 Å². The molecule has 0 spiro atoms. The number of likely N-dealkylation sites (tertiary alicyclic amines) is 1. The maximum absolute atomic E-state index is 13.3. The van der Waals surface area contributed by atoms with Gasteiger partial charge in [0.15, 0.2) is 0 Å². The summed E-state index contributed by atoms with van der Waals surface area (Å²) in [7, 11) is 0. The third kappa shape index (κ3) is 4.11. The van der Waals surface area contributed by atoms with Crippen LogP contribution < -0.4 is 11.1 Å². The number of carbonyl (C=O) groups excluding carboxylic acids is 2. The lowest BCUT2D eigenvalue weighted by atomic mass is 10.0. The van der Waals surface area contributed by atoms with E-state index in [-0.39, 0.29) is 30.2 Å². The summed E-state index contributed by atoms with van der Waals surface area (Å²) in [6.07, 6.45) is 1.54. The summed E-state index contributed by atoms with van der Waals surface area (Å²) in [5.41, 5.74) is 6.81. The van der Waals surface area contributed by atoms with E-state index >= 15 is 0 Å². The Bertz CT molecular complexity index is 816. The maximum Gasteiger partial charge on any atom is 0.253 e. The van der Waals surface area contributed by atoms with Crippen LogP contribution in [0.1, 0.15) is 28.9 Å². The number of nitrogens with one attached hydrogen (secondary N) is 1. The first-order valence-electron chi connectivity index (χ1n) is 8.31. The summed E-state index contributed by atoms with van der Waals surface area (Å²) in [4.78, 5) is 29.9. The molecular formula is C18H21FN4O2. The number of carbonyl (C=O) groups is 2. The van der Waals surface area contributed by atoms with Gasteiger partial charge < -0.3 is 11.1 Å². The number of amides is 2. The van der Waals surface area contributed by atoms with Crippen LogP contribution in [0.15, 0.2) is 24.3 Å². The summed E-state index contributed by atoms with van der Waals surface area (Å²) in [6, 6.07) is 6.14. The van der Waals surface area contributed by atoms with Crippen LogP contribution in [0.25, 0.3) is 10.9 Å². The zero-order valence-electron chi connectivity index (χ0n) is 14.1. The molecule has 7 heteroatoms. The molecule has 0 unspecified atom stereocenters. The van der Waals surface area contributed by atoms with E-state index in [2.05, 4.69) is 10.3 Å². The lowest BCUT2D eigenvalue weighted by Crippen LogP contribution is -2.46. The number of aryl methyl sites for hydroxylation is 1. The Labute approximate surface area is 145 Å². The first-order chi connectivity index (χ1) is 11.9. The van der Waals surface area contributed by atoms with E-state index in [4.69, 9.17) is 5.73 Å². The normalized spacial score (nSPS) is 16.1. The van der Waals surface area contributed by atoms with Gasteiger partial charge in [-0.05, 0) is 38.0 Å². The van der Waals surface area contributed by atoms with E-state index in [1.807, 2.05) is 4.90 Å². The van der Waals surface area contributed by atoms with Gasteiger partial charge in [-0.15, -0.1) is 0 Å². The number of piperidine rings is 1. The van der Waals surface area contributed by atoms with Crippen LogP contribution in [0.5, 0.6) is 0 Å². The highest BCUT2D eigenvalue weighted by Gasteiger charge is 2.22. The average molecular weight is 344 g/mol. The van der Waals surface area contributed by atoms with Gasteiger partial charge in [0.2, 0.25) is 5.91 Å². The number of rotatable bonds is 4. The van der Waals surface area contributed by atoms with Gasteiger partial charge in [-0.2, -0.15) is 0 Å². The lowest BCUT2D eigenvalue weighted by Gasteiger charge is -2.31. The molecule has 2 heterocycles. The molecule has 0 atom stereocenters. The molecule has 2 amide bonds. The van der Waals surface area contributed by atoms with Crippen LogP contribution in [0, 0.1) is 12.7 Å². The fraction of sp³-hybridized carbons (Fsp3) is 0.389. The van der Waals surface area contributed by atoms with E-state index in [1.54, 1.807) is 19.1 Å². The number of aromatic nitrogens is 1. The number of fused-ring (bicyclic) bond motifs is 1. The average Bonchev–Trinajstić information content (AvgIpc) is 2.55. The third-order valence-corrected chi connectivity index (χ3v) is 4.52. The minimum atomic E-state index is -0.348. The molecule has 1 aromatic carbocycles. The minimum absolute atomic E-state index is 0.0555. The first kappa shape index (κ1) is 17.3. The number of primary amides is 1. The number of nitrogens with zero attached hydrogens (tertiary/aromatic N) is 2. The summed E-state index contributed by atoms with van der Waals surface area (Å²) in [6.45, 7) is 3.45. The molecule has 1 saturated heterocycles. The lowest BCUT2D eigenvalue weighted by molar-refractivity contribution is -0.119. The maximum atomic E-state index is 13.3. The van der Waals surface area contributed by atoms with Crippen molar-refractivity contribution in [3.63, 3.8) is 0 Å². The van der Waals surface area contributed by atoms with E-state index in [1.165, 1.54) is 12.1 Å². The zero-order chi connectivity index (χ0) is 18.0. The summed E-state index contributed by atoms with van der Waals surface area (Å²) < 4.78 is 13.3. The van der Waals surface area contributed by atoms with Gasteiger partial charge >= 0.3 is 0 Å². The summed E-state index contributed by atoms with van der Waals surface area (Å²) in [5.74, 6) is -0.860. The standard InChI is InChI=1S/C18H21FN4O2/c1-11-15(8-12-2-3-13(19)9-16(12)21-11)18(25)22-14-4-6-23(7-5-14)10-17(20)24/h2-3,8-9,14H,4-7,10H2,1H3,(H2,20,24)(H,22,25). The van der Waals surface area contributed by atoms with Gasteiger partial charge in [-0.1, -0.05) is 0 Å². The summed E-state index contributed by atoms with van der Waals surface area (Å²) in [5, 5.41) is 3.76. The second-order valence-electron chi connectivity index (χ2n) is 6.45. The van der Waals surface area contributed by atoms with Crippen LogP contribution in [0.4, 0.5) is 4.39 Å². The highest BCUT2D eigenvalue weighted by molar-refractivity contribution is 5.98. The van der Waals surface area contributed by atoms with Crippen molar-refractivity contribution in [3.05, 3.63) is 41.3 Å². The van der Waals surface area contributed by atoms with Gasteiger partial charge in [0, 0.05) is 30.6 Å². The molecule has 3 rings (SSSR count). The van der Waals surface area contributed by atoms with Gasteiger partial charge in [-0.25, -0.2) is 4.39 Å². The molecule has 0 radical (unpaired) electrons. The van der Waals surface area contributed by atoms with Gasteiger partial charge in [0.05, 0.1) is 23.3 Å². The van der Waals surface area contributed by atoms with Gasteiger partial charge in [0.25, 0.3) is 5.91 Å². The molecule has 1 aliphatic heterocycles. The molecule has 0 saturated carbocycles. The van der Waals surface area contributed by atoms with Crippen molar-refractivity contribution in [3.8, 4) is 0 Å². The summed E-state index contributed by atoms with van der Waals surface area (Å²) >= 11 is 0. The molecule has 1 aliphatic rings. The number of pyridine rings is 1. The Hall–Kier alpha value is -2.54. The topological polar surface area (TPSA) is 88.3 Å². The molecule has 3 N–H and O–H groups in total. The molecule has 0 aliphatic carbocycles. The number of nitrogens with two attached hydrogens (primary N) is 1. The molecule has 6 nitrogen and oxygen atoms in total. The fourth-order valence-electron chi connectivity index (χ4n) is 3.19. The van der Waals surface area contributed by atoms with Crippen molar-refractivity contribution in [1.29, 1.82) is 0 Å². The quantitative estimate of drug-likeness (QED) is 0.877. The van der Waals surface area contributed by atoms with Crippen molar-refractivity contribution in [1.82, 2.24) is 15.2 Å². The molecule has 0 bridgehead atoms. The Morgan fingerprint density at radius 3 is 2.72 bits per heavy atom. The van der Waals surface area contributed by atoms with Crippen LogP contribution >= 0.6 is 0 Å². The molecule has 1 fully saturated rings. The van der Waals surface area contributed by atoms with Crippen LogP contribution in [-0.4, -0.2) is 47.4 Å². The second kappa shape index (κ2) is 7.14. The smallest absolute Gasteiger partial charge is 0.253 e. The molecule has 2 aromatic rings. The highest BCUT2D eigenvalue weighted by Crippen LogP contribution is 2.18. The number of benzene rings is 1. The van der Waals surface area contributed by atoms with E-state index < -0.39 is 0 Å². The number of hydrogen-bond acceptors (Lipinski definition) is 4. The predicted molar refractivity (Wildman–Crippen MR) is 92.6 cm³/mol. The Morgan fingerprint density at radius 2 is 2.04 bits per heavy atom. The molecule has 25 heavy (non-hydrogen) atoms. The van der Waals surface area contributed by atoms with Crippen LogP contribution in [0.3, 0.4) is 0 Å². The Kier molecular flexibility index (Phi) is 4.94. The van der Waals surface area contributed by atoms with Crippen molar-refractivity contribution in [2.45, 2.75) is 25.8 Å².